The molecule has 1 fully saturated rings. The number of amides is 1. The lowest BCUT2D eigenvalue weighted by atomic mass is 10.0. The van der Waals surface area contributed by atoms with E-state index in [2.05, 4.69) is 32.5 Å². The van der Waals surface area contributed by atoms with Crippen LogP contribution >= 0.6 is 0 Å². The largest absolute Gasteiger partial charge is 0.374 e. The van der Waals surface area contributed by atoms with Crippen LogP contribution in [0.1, 0.15) is 11.4 Å². The van der Waals surface area contributed by atoms with Gasteiger partial charge >= 0.3 is 0 Å². The van der Waals surface area contributed by atoms with Crippen LogP contribution in [-0.2, 0) is 22.5 Å². The first-order chi connectivity index (χ1) is 9.72. The minimum absolute atomic E-state index is 0.0236. The van der Waals surface area contributed by atoms with Gasteiger partial charge in [-0.25, -0.2) is 4.98 Å². The summed E-state index contributed by atoms with van der Waals surface area (Å²) in [6, 6.07) is -0.202. The van der Waals surface area contributed by atoms with E-state index < -0.39 is 0 Å². The number of likely N-dealkylation sites (N-methyl/N-ethyl adjacent to an activating group) is 1. The highest BCUT2D eigenvalue weighted by molar-refractivity contribution is 5.82. The molecule has 110 valence electrons. The van der Waals surface area contributed by atoms with Crippen LogP contribution in [0, 0.1) is 0 Å². The van der Waals surface area contributed by atoms with Crippen molar-refractivity contribution >= 4 is 5.91 Å². The minimum Gasteiger partial charge on any atom is -0.374 e. The molecule has 0 spiro atoms. The van der Waals surface area contributed by atoms with Gasteiger partial charge in [0.25, 0.3) is 0 Å². The Balaban J connectivity index is 1.48. The highest BCUT2D eigenvalue weighted by atomic mass is 16.5. The number of hydrogen-bond donors (Lipinski definition) is 3. The summed E-state index contributed by atoms with van der Waals surface area (Å²) in [4.78, 5) is 21.7. The van der Waals surface area contributed by atoms with E-state index in [1.54, 1.807) is 6.33 Å². The van der Waals surface area contributed by atoms with Crippen LogP contribution in [0.15, 0.2) is 6.33 Å². The van der Waals surface area contributed by atoms with Crippen LogP contribution in [0.5, 0.6) is 0 Å². The average Bonchev–Trinajstić information content (AvgIpc) is 2.92. The molecule has 3 heterocycles. The lowest BCUT2D eigenvalue weighted by Crippen LogP contribution is -2.51. The Labute approximate surface area is 118 Å². The molecule has 3 rings (SSSR count). The molecule has 0 radical (unpaired) electrons. The van der Waals surface area contributed by atoms with E-state index in [-0.39, 0.29) is 18.1 Å². The molecule has 2 atom stereocenters. The van der Waals surface area contributed by atoms with Gasteiger partial charge < -0.3 is 19.9 Å². The van der Waals surface area contributed by atoms with E-state index in [0.717, 1.165) is 31.1 Å². The number of ether oxygens (including phenoxy) is 1. The molecule has 7 nitrogen and oxygen atoms in total. The molecule has 2 aliphatic heterocycles. The molecule has 1 amide bonds. The molecule has 0 aromatic carbocycles. The fourth-order valence-corrected chi connectivity index (χ4v) is 2.68. The fraction of sp³-hybridized carbons (Fsp3) is 0.692. The molecule has 3 N–H and O–H groups in total. The quantitative estimate of drug-likeness (QED) is 0.652. The molecule has 7 heteroatoms. The topological polar surface area (TPSA) is 82.3 Å². The van der Waals surface area contributed by atoms with Gasteiger partial charge in [0, 0.05) is 32.6 Å². The average molecular weight is 279 g/mol. The van der Waals surface area contributed by atoms with Crippen molar-refractivity contribution in [3.63, 3.8) is 0 Å². The minimum atomic E-state index is -0.202. The van der Waals surface area contributed by atoms with E-state index in [1.807, 2.05) is 0 Å². The Bertz CT molecular complexity index is 475. The number of nitrogens with one attached hydrogen (secondary N) is 3. The molecule has 1 aromatic heterocycles. The molecule has 1 aromatic rings. The molecule has 0 aliphatic carbocycles. The number of hydrogen-bond acceptors (Lipinski definition) is 5. The molecule has 2 unspecified atom stereocenters. The third kappa shape index (κ3) is 3.00. The lowest BCUT2D eigenvalue weighted by Gasteiger charge is -2.30. The van der Waals surface area contributed by atoms with Gasteiger partial charge in [0.15, 0.2) is 0 Å². The van der Waals surface area contributed by atoms with Gasteiger partial charge in [-0.1, -0.05) is 0 Å². The number of imidazole rings is 1. The van der Waals surface area contributed by atoms with Crippen molar-refractivity contribution in [3.8, 4) is 0 Å². The van der Waals surface area contributed by atoms with Gasteiger partial charge in [-0.15, -0.1) is 0 Å². The monoisotopic (exact) mass is 279 g/mol. The predicted octanol–water partition coefficient (Wildman–Crippen LogP) is -1.13. The Morgan fingerprint density at radius 1 is 1.65 bits per heavy atom. The van der Waals surface area contributed by atoms with E-state index in [0.29, 0.717) is 19.5 Å². The van der Waals surface area contributed by atoms with Gasteiger partial charge in [0.2, 0.25) is 5.91 Å². The summed E-state index contributed by atoms with van der Waals surface area (Å²) in [6.45, 7) is 3.78. The number of nitrogens with zero attached hydrogens (tertiary/aromatic N) is 2. The molecule has 1 saturated heterocycles. The fourth-order valence-electron chi connectivity index (χ4n) is 2.68. The number of carbonyl (C=O) groups is 1. The van der Waals surface area contributed by atoms with Gasteiger partial charge in [0.1, 0.15) is 0 Å². The second kappa shape index (κ2) is 5.90. The van der Waals surface area contributed by atoms with Crippen molar-refractivity contribution < 1.29 is 9.53 Å². The Kier molecular flexibility index (Phi) is 4.00. The van der Waals surface area contributed by atoms with E-state index in [9.17, 15) is 4.79 Å². The number of rotatable bonds is 3. The maximum Gasteiger partial charge on any atom is 0.237 e. The zero-order valence-corrected chi connectivity index (χ0v) is 11.7. The van der Waals surface area contributed by atoms with Gasteiger partial charge in [-0.2, -0.15) is 0 Å². The number of carbonyl (C=O) groups excluding carboxylic acids is 1. The third-order valence-corrected chi connectivity index (χ3v) is 3.89. The zero-order valence-electron chi connectivity index (χ0n) is 11.7. The zero-order chi connectivity index (χ0) is 13.9. The van der Waals surface area contributed by atoms with Crippen molar-refractivity contribution in [1.82, 2.24) is 25.5 Å². The summed E-state index contributed by atoms with van der Waals surface area (Å²) in [5, 5.41) is 6.20. The summed E-state index contributed by atoms with van der Waals surface area (Å²) < 4.78 is 5.64. The number of aromatic nitrogens is 2. The first kappa shape index (κ1) is 13.5. The predicted molar refractivity (Wildman–Crippen MR) is 73.2 cm³/mol. The Morgan fingerprint density at radius 3 is 3.40 bits per heavy atom. The Morgan fingerprint density at radius 2 is 2.55 bits per heavy atom. The van der Waals surface area contributed by atoms with Crippen molar-refractivity contribution in [1.29, 1.82) is 0 Å². The number of fused-ring (bicyclic) bond motifs is 1. The third-order valence-electron chi connectivity index (χ3n) is 3.89. The summed E-state index contributed by atoms with van der Waals surface area (Å²) >= 11 is 0. The summed E-state index contributed by atoms with van der Waals surface area (Å²) in [7, 11) is 2.07. The van der Waals surface area contributed by atoms with Crippen molar-refractivity contribution in [2.75, 3.05) is 33.3 Å². The summed E-state index contributed by atoms with van der Waals surface area (Å²) in [6.07, 6.45) is 2.40. The van der Waals surface area contributed by atoms with Gasteiger partial charge in [-0.05, 0) is 7.05 Å². The highest BCUT2D eigenvalue weighted by Gasteiger charge is 2.26. The summed E-state index contributed by atoms with van der Waals surface area (Å²) in [5.41, 5.74) is 2.06. The van der Waals surface area contributed by atoms with Crippen LogP contribution < -0.4 is 10.6 Å². The second-order valence-corrected chi connectivity index (χ2v) is 5.47. The van der Waals surface area contributed by atoms with Crippen LogP contribution in [-0.4, -0.2) is 66.2 Å². The maximum absolute atomic E-state index is 12.2. The lowest BCUT2D eigenvalue weighted by molar-refractivity contribution is -0.124. The van der Waals surface area contributed by atoms with Crippen LogP contribution in [0.25, 0.3) is 0 Å². The van der Waals surface area contributed by atoms with E-state index in [1.165, 1.54) is 0 Å². The van der Waals surface area contributed by atoms with Crippen LogP contribution in [0.3, 0.4) is 0 Å². The standard InChI is InChI=1S/C13H21N5O2/c1-18-2-3-20-9(7-18)5-15-13(19)11-4-10-12(6-14-11)17-8-16-10/h8-9,11,14H,2-7H2,1H3,(H,15,19)(H,16,17). The molecule has 20 heavy (non-hydrogen) atoms. The van der Waals surface area contributed by atoms with Crippen LogP contribution in [0.2, 0.25) is 0 Å². The molecule has 0 bridgehead atoms. The number of morpholine rings is 1. The van der Waals surface area contributed by atoms with Gasteiger partial charge in [0.05, 0.1) is 36.5 Å². The van der Waals surface area contributed by atoms with Crippen molar-refractivity contribution in [2.45, 2.75) is 25.1 Å². The number of aromatic amines is 1. The maximum atomic E-state index is 12.2. The molecule has 2 aliphatic rings. The highest BCUT2D eigenvalue weighted by Crippen LogP contribution is 2.12. The second-order valence-electron chi connectivity index (χ2n) is 5.47. The number of H-pyrrole nitrogens is 1. The smallest absolute Gasteiger partial charge is 0.237 e. The van der Waals surface area contributed by atoms with Gasteiger partial charge in [-0.3, -0.25) is 10.1 Å². The first-order valence-corrected chi connectivity index (χ1v) is 7.04. The normalized spacial score (nSPS) is 27.1. The SMILES string of the molecule is CN1CCOC(CNC(=O)C2Cc3nc[nH]c3CN2)C1. The van der Waals surface area contributed by atoms with Crippen molar-refractivity contribution in [2.24, 2.45) is 0 Å². The van der Waals surface area contributed by atoms with E-state index >= 15 is 0 Å². The molecular weight excluding hydrogens is 258 g/mol. The first-order valence-electron chi connectivity index (χ1n) is 7.04. The summed E-state index contributed by atoms with van der Waals surface area (Å²) in [5.74, 6) is 0.0236. The van der Waals surface area contributed by atoms with Crippen LogP contribution in [0.4, 0.5) is 0 Å². The Hall–Kier alpha value is -1.44. The molecule has 0 saturated carbocycles. The van der Waals surface area contributed by atoms with E-state index in [4.69, 9.17) is 4.74 Å². The molecular formula is C13H21N5O2. The van der Waals surface area contributed by atoms with Crippen molar-refractivity contribution in [3.05, 3.63) is 17.7 Å².